The molecule has 1 aromatic carbocycles. The third kappa shape index (κ3) is 2.69. The van der Waals surface area contributed by atoms with Gasteiger partial charge in [-0.3, -0.25) is 11.3 Å². The Morgan fingerprint density at radius 3 is 2.76 bits per heavy atom. The number of aromatic nitrogens is 2. The second-order valence-corrected chi connectivity index (χ2v) is 6.09. The highest BCUT2D eigenvalue weighted by Gasteiger charge is 2.39. The van der Waals surface area contributed by atoms with Crippen molar-refractivity contribution in [2.24, 2.45) is 12.9 Å². The Morgan fingerprint density at radius 1 is 1.43 bits per heavy atom. The molecule has 1 aromatic heterocycles. The maximum atomic E-state index is 5.76. The van der Waals surface area contributed by atoms with Crippen molar-refractivity contribution in [2.75, 3.05) is 7.11 Å². The van der Waals surface area contributed by atoms with Crippen LogP contribution in [0, 0.1) is 0 Å². The highest BCUT2D eigenvalue weighted by molar-refractivity contribution is 5.75. The highest BCUT2D eigenvalue weighted by Crippen LogP contribution is 2.39. The van der Waals surface area contributed by atoms with Crippen LogP contribution in [-0.2, 0) is 18.2 Å². The minimum Gasteiger partial charge on any atom is -0.378 e. The van der Waals surface area contributed by atoms with E-state index in [1.807, 2.05) is 25.3 Å². The van der Waals surface area contributed by atoms with Gasteiger partial charge in [0.2, 0.25) is 0 Å². The van der Waals surface area contributed by atoms with Crippen molar-refractivity contribution in [1.82, 2.24) is 15.0 Å². The molecule has 0 radical (unpaired) electrons. The van der Waals surface area contributed by atoms with Crippen LogP contribution in [0.3, 0.4) is 0 Å². The van der Waals surface area contributed by atoms with Crippen molar-refractivity contribution < 1.29 is 4.74 Å². The number of para-hydroxylation sites is 2. The molecule has 3 rings (SSSR count). The Bertz CT molecular complexity index is 612. The molecule has 1 saturated carbocycles. The maximum absolute atomic E-state index is 5.76. The van der Waals surface area contributed by atoms with Gasteiger partial charge in [0.05, 0.1) is 16.6 Å². The van der Waals surface area contributed by atoms with Gasteiger partial charge in [0, 0.05) is 26.6 Å². The van der Waals surface area contributed by atoms with Gasteiger partial charge in [-0.2, -0.15) is 0 Å². The number of hydrogen-bond donors (Lipinski definition) is 2. The van der Waals surface area contributed by atoms with E-state index in [0.717, 1.165) is 42.5 Å². The lowest BCUT2D eigenvalue weighted by Crippen LogP contribution is -2.48. The number of rotatable bonds is 6. The number of imidazole rings is 1. The summed E-state index contributed by atoms with van der Waals surface area (Å²) in [4.78, 5) is 4.73. The Kier molecular flexibility index (Phi) is 3.97. The van der Waals surface area contributed by atoms with Crippen molar-refractivity contribution >= 4 is 11.0 Å². The SMILES string of the molecule is COC1(CC(Cc2nc3ccccc3n2C)NN)CCC1. The molecule has 21 heavy (non-hydrogen) atoms. The smallest absolute Gasteiger partial charge is 0.111 e. The number of nitrogens with two attached hydrogens (primary N) is 1. The van der Waals surface area contributed by atoms with Crippen molar-refractivity contribution in [1.29, 1.82) is 0 Å². The van der Waals surface area contributed by atoms with Gasteiger partial charge < -0.3 is 9.30 Å². The van der Waals surface area contributed by atoms with Crippen LogP contribution in [0.1, 0.15) is 31.5 Å². The third-order valence-corrected chi connectivity index (χ3v) is 4.86. The molecule has 0 spiro atoms. The molecule has 1 aliphatic rings. The van der Waals surface area contributed by atoms with Gasteiger partial charge in [-0.05, 0) is 37.8 Å². The number of methoxy groups -OCH3 is 1. The fourth-order valence-electron chi connectivity index (χ4n) is 3.30. The quantitative estimate of drug-likeness (QED) is 0.629. The summed E-state index contributed by atoms with van der Waals surface area (Å²) in [5, 5.41) is 0. The first-order valence-electron chi connectivity index (χ1n) is 7.59. The summed E-state index contributed by atoms with van der Waals surface area (Å²) >= 11 is 0. The lowest BCUT2D eigenvalue weighted by Gasteiger charge is -2.42. The van der Waals surface area contributed by atoms with E-state index in [1.54, 1.807) is 0 Å². The predicted octanol–water partition coefficient (Wildman–Crippen LogP) is 1.91. The molecule has 1 fully saturated rings. The van der Waals surface area contributed by atoms with E-state index < -0.39 is 0 Å². The lowest BCUT2D eigenvalue weighted by atomic mass is 9.75. The molecule has 0 saturated heterocycles. The molecule has 0 amide bonds. The van der Waals surface area contributed by atoms with E-state index in [-0.39, 0.29) is 11.6 Å². The second kappa shape index (κ2) is 5.75. The number of aryl methyl sites for hydroxylation is 1. The molecule has 2 aromatic rings. The molecule has 1 heterocycles. The number of ether oxygens (including phenoxy) is 1. The summed E-state index contributed by atoms with van der Waals surface area (Å²) in [7, 11) is 3.87. The van der Waals surface area contributed by atoms with Crippen LogP contribution >= 0.6 is 0 Å². The fraction of sp³-hybridized carbons (Fsp3) is 0.562. The number of fused-ring (bicyclic) bond motifs is 1. The number of hydrazine groups is 1. The second-order valence-electron chi connectivity index (χ2n) is 6.09. The van der Waals surface area contributed by atoms with Gasteiger partial charge in [0.1, 0.15) is 5.82 Å². The summed E-state index contributed by atoms with van der Waals surface area (Å²) in [6.07, 6.45) is 5.25. The van der Waals surface area contributed by atoms with Gasteiger partial charge in [-0.15, -0.1) is 0 Å². The molecular weight excluding hydrogens is 264 g/mol. The number of benzene rings is 1. The molecule has 3 N–H and O–H groups in total. The first-order valence-corrected chi connectivity index (χ1v) is 7.59. The van der Waals surface area contributed by atoms with Crippen LogP contribution in [0.5, 0.6) is 0 Å². The first-order chi connectivity index (χ1) is 10.2. The monoisotopic (exact) mass is 288 g/mol. The Morgan fingerprint density at radius 2 is 2.19 bits per heavy atom. The molecule has 0 bridgehead atoms. The highest BCUT2D eigenvalue weighted by atomic mass is 16.5. The minimum absolute atomic E-state index is 0.0155. The van der Waals surface area contributed by atoms with Crippen LogP contribution in [0.4, 0.5) is 0 Å². The van der Waals surface area contributed by atoms with E-state index >= 15 is 0 Å². The number of nitrogens with one attached hydrogen (secondary N) is 1. The van der Waals surface area contributed by atoms with Crippen molar-refractivity contribution in [3.8, 4) is 0 Å². The zero-order valence-electron chi connectivity index (χ0n) is 12.8. The zero-order chi connectivity index (χ0) is 14.9. The maximum Gasteiger partial charge on any atom is 0.111 e. The van der Waals surface area contributed by atoms with E-state index in [0.29, 0.717) is 0 Å². The van der Waals surface area contributed by atoms with Crippen LogP contribution < -0.4 is 11.3 Å². The van der Waals surface area contributed by atoms with Crippen molar-refractivity contribution in [3.05, 3.63) is 30.1 Å². The largest absolute Gasteiger partial charge is 0.378 e. The topological polar surface area (TPSA) is 65.1 Å². The molecule has 1 atom stereocenters. The van der Waals surface area contributed by atoms with E-state index in [2.05, 4.69) is 23.1 Å². The molecular formula is C16H24N4O. The zero-order valence-corrected chi connectivity index (χ0v) is 12.8. The minimum atomic E-state index is 0.0155. The molecule has 114 valence electrons. The van der Waals surface area contributed by atoms with Gasteiger partial charge in [-0.25, -0.2) is 4.98 Å². The molecule has 5 heteroatoms. The van der Waals surface area contributed by atoms with Gasteiger partial charge in [-0.1, -0.05) is 12.1 Å². The fourth-order valence-corrected chi connectivity index (χ4v) is 3.30. The van der Waals surface area contributed by atoms with E-state index in [9.17, 15) is 0 Å². The molecule has 1 unspecified atom stereocenters. The Labute approximate surface area is 125 Å². The van der Waals surface area contributed by atoms with Crippen molar-refractivity contribution in [2.45, 2.75) is 43.7 Å². The average molecular weight is 288 g/mol. The van der Waals surface area contributed by atoms with E-state index in [4.69, 9.17) is 15.6 Å². The molecule has 1 aliphatic carbocycles. The van der Waals surface area contributed by atoms with Gasteiger partial charge >= 0.3 is 0 Å². The van der Waals surface area contributed by atoms with Gasteiger partial charge in [0.25, 0.3) is 0 Å². The van der Waals surface area contributed by atoms with Crippen molar-refractivity contribution in [3.63, 3.8) is 0 Å². The molecule has 5 nitrogen and oxygen atoms in total. The van der Waals surface area contributed by atoms with Crippen LogP contribution in [-0.4, -0.2) is 28.3 Å². The summed E-state index contributed by atoms with van der Waals surface area (Å²) in [6, 6.07) is 8.39. The van der Waals surface area contributed by atoms with Gasteiger partial charge in [0.15, 0.2) is 0 Å². The van der Waals surface area contributed by atoms with Crippen LogP contribution in [0.25, 0.3) is 11.0 Å². The summed E-state index contributed by atoms with van der Waals surface area (Å²) in [5.74, 6) is 6.82. The van der Waals surface area contributed by atoms with E-state index in [1.165, 1.54) is 6.42 Å². The number of nitrogens with zero attached hydrogens (tertiary/aromatic N) is 2. The van der Waals surface area contributed by atoms with Crippen LogP contribution in [0.15, 0.2) is 24.3 Å². The normalized spacial score (nSPS) is 18.6. The average Bonchev–Trinajstić information content (AvgIpc) is 2.78. The standard InChI is InChI=1S/C16H24N4O/c1-20-14-7-4-3-6-13(14)18-15(20)10-12(19-17)11-16(21-2)8-5-9-16/h3-4,6-7,12,19H,5,8-11,17H2,1-2H3. The van der Waals surface area contributed by atoms with Crippen LogP contribution in [0.2, 0.25) is 0 Å². The summed E-state index contributed by atoms with van der Waals surface area (Å²) < 4.78 is 7.86. The Hall–Kier alpha value is -1.43. The number of hydrogen-bond acceptors (Lipinski definition) is 4. The first kappa shape index (κ1) is 14.5. The lowest BCUT2D eigenvalue weighted by molar-refractivity contribution is -0.0835. The summed E-state index contributed by atoms with van der Waals surface area (Å²) in [5.41, 5.74) is 5.16. The summed E-state index contributed by atoms with van der Waals surface area (Å²) in [6.45, 7) is 0. The third-order valence-electron chi connectivity index (χ3n) is 4.86. The predicted molar refractivity (Wildman–Crippen MR) is 83.7 cm³/mol. The Balaban J connectivity index is 1.77. The molecule has 0 aliphatic heterocycles.